The zero-order valence-electron chi connectivity index (χ0n) is 25.9. The van der Waals surface area contributed by atoms with Crippen LogP contribution in [0.25, 0.3) is 11.3 Å². The van der Waals surface area contributed by atoms with Gasteiger partial charge in [0.15, 0.2) is 0 Å². The molecule has 3 aromatic rings. The van der Waals surface area contributed by atoms with E-state index in [-0.39, 0.29) is 24.1 Å². The number of furan rings is 1. The highest BCUT2D eigenvalue weighted by Gasteiger charge is 2.24. The second-order valence-corrected chi connectivity index (χ2v) is 12.8. The van der Waals surface area contributed by atoms with Crippen molar-refractivity contribution < 1.29 is 18.7 Å². The third kappa shape index (κ3) is 10.1. The Bertz CT molecular complexity index is 1360. The molecular weight excluding hydrogens is 564 g/mol. The van der Waals surface area contributed by atoms with Crippen molar-refractivity contribution in [2.24, 2.45) is 0 Å². The van der Waals surface area contributed by atoms with Gasteiger partial charge >= 0.3 is 6.09 Å². The van der Waals surface area contributed by atoms with Gasteiger partial charge in [-0.25, -0.2) is 4.79 Å². The largest absolute Gasteiger partial charge is 0.460 e. The topological polar surface area (TPSA) is 105 Å². The van der Waals surface area contributed by atoms with E-state index in [0.29, 0.717) is 42.0 Å². The monoisotopic (exact) mass is 608 g/mol. The summed E-state index contributed by atoms with van der Waals surface area (Å²) in [4.78, 5) is 25.0. The molecule has 4 rings (SSSR count). The summed E-state index contributed by atoms with van der Waals surface area (Å²) in [5.74, 6) is 1.28. The highest BCUT2D eigenvalue weighted by molar-refractivity contribution is 6.34. The number of halogens is 1. The van der Waals surface area contributed by atoms with Crippen molar-refractivity contribution in [2.75, 3.05) is 13.1 Å². The SMILES string of the molecule is Cc1ccc(C(C)NCc2ccc(-c3ccc(Cl)c(C(=O)NCCNC4CCC(NC(=O)OC(C)(C)C)CC4)c3)o2)cc1. The lowest BCUT2D eigenvalue weighted by Crippen LogP contribution is -2.45. The van der Waals surface area contributed by atoms with Crippen molar-refractivity contribution in [2.45, 2.75) is 90.6 Å². The number of amides is 2. The van der Waals surface area contributed by atoms with E-state index in [9.17, 15) is 9.59 Å². The molecule has 0 radical (unpaired) electrons. The molecule has 2 amide bonds. The minimum absolute atomic E-state index is 0.130. The van der Waals surface area contributed by atoms with Crippen LogP contribution in [0.2, 0.25) is 5.02 Å². The lowest BCUT2D eigenvalue weighted by molar-refractivity contribution is 0.0489. The number of hydrogen-bond acceptors (Lipinski definition) is 6. The van der Waals surface area contributed by atoms with Gasteiger partial charge in [-0.3, -0.25) is 4.79 Å². The summed E-state index contributed by atoms with van der Waals surface area (Å²) < 4.78 is 11.4. The molecule has 43 heavy (non-hydrogen) atoms. The molecule has 0 bridgehead atoms. The van der Waals surface area contributed by atoms with E-state index in [1.807, 2.05) is 39.0 Å². The van der Waals surface area contributed by atoms with Gasteiger partial charge in [-0.15, -0.1) is 0 Å². The molecular formula is C34H45ClN4O4. The number of aryl methyl sites for hydroxylation is 1. The summed E-state index contributed by atoms with van der Waals surface area (Å²) in [7, 11) is 0. The number of rotatable bonds is 11. The Kier molecular flexibility index (Phi) is 11.3. The van der Waals surface area contributed by atoms with Crippen molar-refractivity contribution in [3.63, 3.8) is 0 Å². The standard InChI is InChI=1S/C34H45ClN4O4/c1-22-6-8-24(9-7-22)23(2)38-21-28-15-17-31(42-28)25-10-16-30(35)29(20-25)32(40)37-19-18-36-26-11-13-27(14-12-26)39-33(41)43-34(3,4)5/h6-10,15-17,20,23,26-27,36,38H,11-14,18-19,21H2,1-5H3,(H,37,40)(H,39,41). The average molecular weight is 609 g/mol. The van der Waals surface area contributed by atoms with Crippen LogP contribution in [0.15, 0.2) is 59.0 Å². The van der Waals surface area contributed by atoms with Crippen LogP contribution in [-0.2, 0) is 11.3 Å². The number of hydrogen-bond donors (Lipinski definition) is 4. The smallest absolute Gasteiger partial charge is 0.407 e. The minimum atomic E-state index is -0.500. The third-order valence-corrected chi connectivity index (χ3v) is 7.94. The quantitative estimate of drug-likeness (QED) is 0.176. The summed E-state index contributed by atoms with van der Waals surface area (Å²) in [6.45, 7) is 11.5. The van der Waals surface area contributed by atoms with E-state index < -0.39 is 5.60 Å². The highest BCUT2D eigenvalue weighted by Crippen LogP contribution is 2.27. The Morgan fingerprint density at radius 2 is 1.67 bits per heavy atom. The van der Waals surface area contributed by atoms with Gasteiger partial charge in [-0.1, -0.05) is 41.4 Å². The number of carbonyl (C=O) groups is 2. The van der Waals surface area contributed by atoms with Gasteiger partial charge in [-0.2, -0.15) is 0 Å². The van der Waals surface area contributed by atoms with E-state index in [0.717, 1.165) is 37.0 Å². The second kappa shape index (κ2) is 14.9. The van der Waals surface area contributed by atoms with Gasteiger partial charge in [-0.05, 0) is 96.2 Å². The molecule has 0 aliphatic heterocycles. The molecule has 1 aliphatic rings. The van der Waals surface area contributed by atoms with E-state index in [2.05, 4.69) is 59.4 Å². The molecule has 2 aromatic carbocycles. The Balaban J connectivity index is 1.20. The zero-order chi connectivity index (χ0) is 31.0. The fourth-order valence-electron chi connectivity index (χ4n) is 5.17. The first-order valence-electron chi connectivity index (χ1n) is 15.2. The van der Waals surface area contributed by atoms with Gasteiger partial charge in [0.2, 0.25) is 0 Å². The molecule has 0 spiro atoms. The van der Waals surface area contributed by atoms with Crippen LogP contribution in [-0.4, -0.2) is 42.8 Å². The third-order valence-electron chi connectivity index (χ3n) is 7.61. The van der Waals surface area contributed by atoms with Crippen LogP contribution in [0.3, 0.4) is 0 Å². The molecule has 1 fully saturated rings. The Morgan fingerprint density at radius 1 is 0.977 bits per heavy atom. The van der Waals surface area contributed by atoms with Crippen molar-refractivity contribution in [3.05, 3.63) is 82.1 Å². The average Bonchev–Trinajstić information content (AvgIpc) is 3.43. The summed E-state index contributed by atoms with van der Waals surface area (Å²) in [5, 5.41) is 13.4. The normalized spacial score (nSPS) is 17.7. The van der Waals surface area contributed by atoms with Gasteiger partial charge in [0.1, 0.15) is 17.1 Å². The summed E-state index contributed by atoms with van der Waals surface area (Å²) >= 11 is 6.40. The maximum absolute atomic E-state index is 13.0. The van der Waals surface area contributed by atoms with Crippen LogP contribution in [0.1, 0.15) is 86.7 Å². The number of benzene rings is 2. The maximum Gasteiger partial charge on any atom is 0.407 e. The lowest BCUT2D eigenvalue weighted by atomic mass is 9.91. The first-order chi connectivity index (χ1) is 20.5. The first kappa shape index (κ1) is 32.6. The molecule has 1 aliphatic carbocycles. The van der Waals surface area contributed by atoms with E-state index in [4.69, 9.17) is 20.8 Å². The van der Waals surface area contributed by atoms with Gasteiger partial charge in [0.25, 0.3) is 5.91 Å². The molecule has 4 N–H and O–H groups in total. The van der Waals surface area contributed by atoms with Crippen molar-refractivity contribution in [3.8, 4) is 11.3 Å². The van der Waals surface area contributed by atoms with E-state index >= 15 is 0 Å². The molecule has 232 valence electrons. The number of ether oxygens (including phenoxy) is 1. The van der Waals surface area contributed by atoms with Gasteiger partial charge in [0, 0.05) is 36.8 Å². The molecule has 1 atom stereocenters. The van der Waals surface area contributed by atoms with Crippen molar-refractivity contribution >= 4 is 23.6 Å². The Hall–Kier alpha value is -3.33. The maximum atomic E-state index is 13.0. The first-order valence-corrected chi connectivity index (χ1v) is 15.5. The fourth-order valence-corrected chi connectivity index (χ4v) is 5.37. The number of carbonyl (C=O) groups excluding carboxylic acids is 2. The minimum Gasteiger partial charge on any atom is -0.460 e. The lowest BCUT2D eigenvalue weighted by Gasteiger charge is -2.30. The van der Waals surface area contributed by atoms with Crippen LogP contribution < -0.4 is 21.3 Å². The number of nitrogens with one attached hydrogen (secondary N) is 4. The Morgan fingerprint density at radius 3 is 2.37 bits per heavy atom. The zero-order valence-corrected chi connectivity index (χ0v) is 26.6. The van der Waals surface area contributed by atoms with Gasteiger partial charge in [0.05, 0.1) is 17.1 Å². The number of alkyl carbamates (subject to hydrolysis) is 1. The highest BCUT2D eigenvalue weighted by atomic mass is 35.5. The van der Waals surface area contributed by atoms with Crippen LogP contribution in [0.5, 0.6) is 0 Å². The van der Waals surface area contributed by atoms with Crippen molar-refractivity contribution in [1.29, 1.82) is 0 Å². The van der Waals surface area contributed by atoms with E-state index in [1.54, 1.807) is 12.1 Å². The molecule has 8 nitrogen and oxygen atoms in total. The Labute approximate surface area is 260 Å². The van der Waals surface area contributed by atoms with E-state index in [1.165, 1.54) is 11.1 Å². The fraction of sp³-hybridized carbons (Fsp3) is 0.471. The van der Waals surface area contributed by atoms with Crippen molar-refractivity contribution in [1.82, 2.24) is 21.3 Å². The molecule has 1 unspecified atom stereocenters. The predicted molar refractivity (Wildman–Crippen MR) is 171 cm³/mol. The molecule has 1 saturated carbocycles. The second-order valence-electron chi connectivity index (χ2n) is 12.4. The molecule has 0 saturated heterocycles. The molecule has 9 heteroatoms. The van der Waals surface area contributed by atoms with Crippen LogP contribution in [0, 0.1) is 6.92 Å². The molecule has 1 heterocycles. The predicted octanol–water partition coefficient (Wildman–Crippen LogP) is 6.91. The van der Waals surface area contributed by atoms with Crippen LogP contribution in [0.4, 0.5) is 4.79 Å². The molecule has 1 aromatic heterocycles. The summed E-state index contributed by atoms with van der Waals surface area (Å²) in [6.07, 6.45) is 3.33. The van der Waals surface area contributed by atoms with Gasteiger partial charge < -0.3 is 30.4 Å². The van der Waals surface area contributed by atoms with Crippen LogP contribution >= 0.6 is 11.6 Å². The summed E-state index contributed by atoms with van der Waals surface area (Å²) in [5.41, 5.74) is 3.17. The summed E-state index contributed by atoms with van der Waals surface area (Å²) in [6, 6.07) is 18.4.